The van der Waals surface area contributed by atoms with Gasteiger partial charge in [-0.3, -0.25) is 4.79 Å². The van der Waals surface area contributed by atoms with Gasteiger partial charge in [-0.1, -0.05) is 42.4 Å². The van der Waals surface area contributed by atoms with E-state index in [-0.39, 0.29) is 5.91 Å². The molecule has 0 N–H and O–H groups in total. The first-order valence-corrected chi connectivity index (χ1v) is 10.4. The molecule has 0 unspecified atom stereocenters. The number of carbonyl (C=O) groups excluding carboxylic acids is 1. The van der Waals surface area contributed by atoms with E-state index in [0.29, 0.717) is 22.6 Å². The number of nitrogens with zero attached hydrogens (tertiary/aromatic N) is 4. The predicted molar refractivity (Wildman–Crippen MR) is 106 cm³/mol. The molecule has 2 aromatic rings. The molecule has 1 aliphatic carbocycles. The quantitative estimate of drug-likeness (QED) is 0.713. The standard InChI is InChI=1S/C19H25ClN4OS/c1-13-8-10-14(11-9-13)23(2)17(25)12-26-19-22-21-18(24(19)3)15-6-4-5-7-16(15)20/h4-7,13-14H,8-12H2,1-3H3. The SMILES string of the molecule is CC1CCC(N(C)C(=O)CSc2nnc(-c3ccccc3Cl)n2C)CC1. The van der Waals surface area contributed by atoms with Crippen molar-refractivity contribution in [3.63, 3.8) is 0 Å². The summed E-state index contributed by atoms with van der Waals surface area (Å²) >= 11 is 7.68. The van der Waals surface area contributed by atoms with Crippen LogP contribution in [0.1, 0.15) is 32.6 Å². The van der Waals surface area contributed by atoms with Crippen molar-refractivity contribution in [2.45, 2.75) is 43.8 Å². The molecule has 1 aliphatic rings. The van der Waals surface area contributed by atoms with Gasteiger partial charge < -0.3 is 9.47 Å². The van der Waals surface area contributed by atoms with Gasteiger partial charge in [0.2, 0.25) is 5.91 Å². The Balaban J connectivity index is 1.62. The Bertz CT molecular complexity index is 771. The van der Waals surface area contributed by atoms with Gasteiger partial charge in [0, 0.05) is 25.7 Å². The third-order valence-corrected chi connectivity index (χ3v) is 6.54. The van der Waals surface area contributed by atoms with E-state index in [1.807, 2.05) is 47.8 Å². The third-order valence-electron chi connectivity index (χ3n) is 5.20. The van der Waals surface area contributed by atoms with Gasteiger partial charge in [-0.25, -0.2) is 0 Å². The number of thioether (sulfide) groups is 1. The van der Waals surface area contributed by atoms with Crippen LogP contribution in [0.25, 0.3) is 11.4 Å². The Morgan fingerprint density at radius 2 is 1.96 bits per heavy atom. The van der Waals surface area contributed by atoms with Crippen molar-refractivity contribution in [2.24, 2.45) is 13.0 Å². The fourth-order valence-corrected chi connectivity index (χ4v) is 4.43. The molecular formula is C19H25ClN4OS. The lowest BCUT2D eigenvalue weighted by Crippen LogP contribution is -2.40. The first-order valence-electron chi connectivity index (χ1n) is 9.00. The van der Waals surface area contributed by atoms with Crippen LogP contribution in [0.5, 0.6) is 0 Å². The number of carbonyl (C=O) groups is 1. The van der Waals surface area contributed by atoms with Crippen molar-refractivity contribution >= 4 is 29.3 Å². The summed E-state index contributed by atoms with van der Waals surface area (Å²) in [5, 5.41) is 9.85. The molecule has 140 valence electrons. The van der Waals surface area contributed by atoms with Crippen LogP contribution in [0.4, 0.5) is 0 Å². The molecule has 0 radical (unpaired) electrons. The Kier molecular flexibility index (Phi) is 6.24. The Morgan fingerprint density at radius 3 is 2.65 bits per heavy atom. The Labute approximate surface area is 164 Å². The highest BCUT2D eigenvalue weighted by molar-refractivity contribution is 7.99. The van der Waals surface area contributed by atoms with E-state index in [2.05, 4.69) is 17.1 Å². The second kappa shape index (κ2) is 8.44. The van der Waals surface area contributed by atoms with Crippen molar-refractivity contribution in [1.82, 2.24) is 19.7 Å². The first-order chi connectivity index (χ1) is 12.5. The summed E-state index contributed by atoms with van der Waals surface area (Å²) < 4.78 is 1.89. The number of amides is 1. The zero-order chi connectivity index (χ0) is 18.7. The fraction of sp³-hybridized carbons (Fsp3) is 0.526. The molecule has 26 heavy (non-hydrogen) atoms. The molecule has 0 saturated heterocycles. The Hall–Kier alpha value is -1.53. The molecule has 1 fully saturated rings. The topological polar surface area (TPSA) is 51.0 Å². The lowest BCUT2D eigenvalue weighted by molar-refractivity contribution is -0.129. The zero-order valence-electron chi connectivity index (χ0n) is 15.5. The average molecular weight is 393 g/mol. The van der Waals surface area contributed by atoms with Crippen molar-refractivity contribution in [3.05, 3.63) is 29.3 Å². The van der Waals surface area contributed by atoms with E-state index in [1.165, 1.54) is 24.6 Å². The van der Waals surface area contributed by atoms with E-state index in [0.717, 1.165) is 29.5 Å². The highest BCUT2D eigenvalue weighted by Crippen LogP contribution is 2.29. The monoisotopic (exact) mass is 392 g/mol. The third kappa shape index (κ3) is 4.23. The van der Waals surface area contributed by atoms with E-state index < -0.39 is 0 Å². The van der Waals surface area contributed by atoms with Crippen LogP contribution in [0, 0.1) is 5.92 Å². The molecule has 1 aromatic carbocycles. The van der Waals surface area contributed by atoms with Gasteiger partial charge >= 0.3 is 0 Å². The minimum atomic E-state index is 0.150. The minimum Gasteiger partial charge on any atom is -0.342 e. The number of hydrogen-bond donors (Lipinski definition) is 0. The largest absolute Gasteiger partial charge is 0.342 e. The van der Waals surface area contributed by atoms with Gasteiger partial charge in [-0.05, 0) is 43.7 Å². The summed E-state index contributed by atoms with van der Waals surface area (Å²) in [6, 6.07) is 7.94. The van der Waals surface area contributed by atoms with E-state index in [4.69, 9.17) is 11.6 Å². The van der Waals surface area contributed by atoms with Gasteiger partial charge in [0.1, 0.15) is 0 Å². The Morgan fingerprint density at radius 1 is 1.27 bits per heavy atom. The summed E-state index contributed by atoms with van der Waals surface area (Å²) in [7, 11) is 3.83. The number of halogens is 1. The van der Waals surface area contributed by atoms with Gasteiger partial charge in [0.15, 0.2) is 11.0 Å². The molecule has 0 atom stereocenters. The van der Waals surface area contributed by atoms with Crippen LogP contribution < -0.4 is 0 Å². The second-order valence-corrected chi connectivity index (χ2v) is 8.40. The van der Waals surface area contributed by atoms with E-state index in [1.54, 1.807) is 0 Å². The number of aromatic nitrogens is 3. The van der Waals surface area contributed by atoms with Gasteiger partial charge in [0.25, 0.3) is 0 Å². The van der Waals surface area contributed by atoms with Crippen LogP contribution in [0.3, 0.4) is 0 Å². The van der Waals surface area contributed by atoms with Crippen LogP contribution in [-0.2, 0) is 11.8 Å². The van der Waals surface area contributed by atoms with Crippen LogP contribution in [0.2, 0.25) is 5.02 Å². The van der Waals surface area contributed by atoms with Gasteiger partial charge in [-0.2, -0.15) is 0 Å². The molecule has 1 saturated carbocycles. The van der Waals surface area contributed by atoms with Crippen molar-refractivity contribution in [1.29, 1.82) is 0 Å². The van der Waals surface area contributed by atoms with Crippen molar-refractivity contribution < 1.29 is 4.79 Å². The second-order valence-electron chi connectivity index (χ2n) is 7.05. The zero-order valence-corrected chi connectivity index (χ0v) is 17.1. The lowest BCUT2D eigenvalue weighted by atomic mass is 9.87. The molecule has 0 aliphatic heterocycles. The van der Waals surface area contributed by atoms with Crippen LogP contribution >= 0.6 is 23.4 Å². The summed E-state index contributed by atoms with van der Waals surface area (Å²) in [4.78, 5) is 14.5. The van der Waals surface area contributed by atoms with Crippen molar-refractivity contribution in [2.75, 3.05) is 12.8 Å². The molecule has 7 heteroatoms. The molecule has 1 amide bonds. The highest BCUT2D eigenvalue weighted by Gasteiger charge is 2.25. The lowest BCUT2D eigenvalue weighted by Gasteiger charge is -2.33. The van der Waals surface area contributed by atoms with E-state index in [9.17, 15) is 4.79 Å². The number of benzene rings is 1. The van der Waals surface area contributed by atoms with Crippen molar-refractivity contribution in [3.8, 4) is 11.4 Å². The fourth-order valence-electron chi connectivity index (χ4n) is 3.38. The molecular weight excluding hydrogens is 368 g/mol. The number of hydrogen-bond acceptors (Lipinski definition) is 4. The van der Waals surface area contributed by atoms with E-state index >= 15 is 0 Å². The van der Waals surface area contributed by atoms with Gasteiger partial charge in [0.05, 0.1) is 10.8 Å². The molecule has 5 nitrogen and oxygen atoms in total. The first kappa shape index (κ1) is 19.2. The van der Waals surface area contributed by atoms with Gasteiger partial charge in [-0.15, -0.1) is 10.2 Å². The molecule has 0 bridgehead atoms. The van der Waals surface area contributed by atoms with Crippen LogP contribution in [0.15, 0.2) is 29.4 Å². The summed E-state index contributed by atoms with van der Waals surface area (Å²) in [6.07, 6.45) is 4.63. The molecule has 1 heterocycles. The predicted octanol–water partition coefficient (Wildman–Crippen LogP) is 4.26. The highest BCUT2D eigenvalue weighted by atomic mass is 35.5. The molecule has 3 rings (SSSR count). The smallest absolute Gasteiger partial charge is 0.233 e. The molecule has 0 spiro atoms. The summed E-state index contributed by atoms with van der Waals surface area (Å²) in [5.74, 6) is 2.01. The maximum atomic E-state index is 12.6. The maximum Gasteiger partial charge on any atom is 0.233 e. The maximum absolute atomic E-state index is 12.6. The van der Waals surface area contributed by atoms with Crippen LogP contribution in [-0.4, -0.2) is 44.4 Å². The summed E-state index contributed by atoms with van der Waals surface area (Å²) in [5.41, 5.74) is 0.843. The summed E-state index contributed by atoms with van der Waals surface area (Å²) in [6.45, 7) is 2.29. The minimum absolute atomic E-state index is 0.150. The normalized spacial score (nSPS) is 20.2. The number of rotatable bonds is 5. The average Bonchev–Trinajstić information content (AvgIpc) is 3.00. The molecule has 1 aromatic heterocycles.